The Kier molecular flexibility index (Phi) is 5.56. The molecule has 8 heteroatoms. The highest BCUT2D eigenvalue weighted by atomic mass is 19.1. The van der Waals surface area contributed by atoms with Crippen molar-refractivity contribution in [3.05, 3.63) is 65.0 Å². The van der Waals surface area contributed by atoms with Gasteiger partial charge in [0.2, 0.25) is 17.4 Å². The first kappa shape index (κ1) is 19.8. The summed E-state index contributed by atoms with van der Waals surface area (Å²) in [6, 6.07) is 10.5. The summed E-state index contributed by atoms with van der Waals surface area (Å²) >= 11 is 0. The van der Waals surface area contributed by atoms with Gasteiger partial charge in [0.25, 0.3) is 0 Å². The zero-order valence-electron chi connectivity index (χ0n) is 16.3. The molecule has 0 unspecified atom stereocenters. The van der Waals surface area contributed by atoms with E-state index >= 15 is 0 Å². The monoisotopic (exact) mass is 407 g/mol. The third kappa shape index (κ3) is 4.37. The van der Waals surface area contributed by atoms with Crippen LogP contribution in [0.5, 0.6) is 0 Å². The van der Waals surface area contributed by atoms with Crippen molar-refractivity contribution in [2.75, 3.05) is 5.32 Å². The second-order valence-corrected chi connectivity index (χ2v) is 7.52. The van der Waals surface area contributed by atoms with E-state index in [-0.39, 0.29) is 29.1 Å². The van der Waals surface area contributed by atoms with E-state index in [4.69, 9.17) is 5.73 Å². The van der Waals surface area contributed by atoms with Crippen molar-refractivity contribution in [2.24, 2.45) is 11.7 Å². The van der Waals surface area contributed by atoms with E-state index in [1.165, 1.54) is 6.07 Å². The molecule has 1 aliphatic carbocycles. The van der Waals surface area contributed by atoms with E-state index in [0.717, 1.165) is 36.6 Å². The first-order chi connectivity index (χ1) is 14.5. The van der Waals surface area contributed by atoms with E-state index in [1.54, 1.807) is 30.5 Å². The molecule has 4 rings (SSSR count). The summed E-state index contributed by atoms with van der Waals surface area (Å²) in [7, 11) is 0. The van der Waals surface area contributed by atoms with Crippen LogP contribution in [0.2, 0.25) is 0 Å². The van der Waals surface area contributed by atoms with Gasteiger partial charge >= 0.3 is 0 Å². The Balaban J connectivity index is 1.60. The largest absolute Gasteiger partial charge is 0.369 e. The van der Waals surface area contributed by atoms with Crippen molar-refractivity contribution in [2.45, 2.75) is 31.7 Å². The molecule has 2 heterocycles. The topological polar surface area (TPSA) is 114 Å². The number of rotatable bonds is 5. The highest BCUT2D eigenvalue weighted by Gasteiger charge is 2.26. The van der Waals surface area contributed by atoms with Gasteiger partial charge in [0.05, 0.1) is 6.20 Å². The summed E-state index contributed by atoms with van der Waals surface area (Å²) in [5.41, 5.74) is 7.49. The third-order valence-electron chi connectivity index (χ3n) is 5.40. The molecule has 7 nitrogen and oxygen atoms in total. The number of nitrogens with zero attached hydrogens (tertiary/aromatic N) is 2. The number of hydrogen-bond donors (Lipinski definition) is 3. The minimum Gasteiger partial charge on any atom is -0.369 e. The summed E-state index contributed by atoms with van der Waals surface area (Å²) in [4.78, 5) is 34.1. The number of aromatic amines is 1. The normalized spacial score (nSPS) is 18.7. The Morgan fingerprint density at radius 2 is 1.97 bits per heavy atom. The van der Waals surface area contributed by atoms with Gasteiger partial charge in [-0.1, -0.05) is 24.6 Å². The van der Waals surface area contributed by atoms with Crippen LogP contribution in [0.1, 0.15) is 25.7 Å². The van der Waals surface area contributed by atoms with Crippen LogP contribution in [0, 0.1) is 11.7 Å². The molecule has 0 radical (unpaired) electrons. The maximum absolute atomic E-state index is 14.5. The second-order valence-electron chi connectivity index (χ2n) is 7.52. The van der Waals surface area contributed by atoms with Gasteiger partial charge in [-0.15, -0.1) is 0 Å². The Morgan fingerprint density at radius 1 is 1.17 bits per heavy atom. The lowest BCUT2D eigenvalue weighted by Gasteiger charge is -2.27. The number of anilines is 1. The molecular weight excluding hydrogens is 385 g/mol. The van der Waals surface area contributed by atoms with Crippen LogP contribution in [0.15, 0.2) is 53.6 Å². The van der Waals surface area contributed by atoms with Crippen LogP contribution in [0.4, 0.5) is 10.3 Å². The quantitative estimate of drug-likeness (QED) is 0.601. The molecule has 154 valence electrons. The smallest absolute Gasteiger partial charge is 0.248 e. The van der Waals surface area contributed by atoms with Gasteiger partial charge in [0, 0.05) is 29.8 Å². The van der Waals surface area contributed by atoms with Gasteiger partial charge in [0.15, 0.2) is 5.82 Å². The fraction of sp³-hybridized carbons (Fsp3) is 0.273. The molecule has 1 fully saturated rings. The van der Waals surface area contributed by atoms with Crippen LogP contribution in [-0.4, -0.2) is 26.9 Å². The number of pyridine rings is 1. The van der Waals surface area contributed by atoms with Crippen LogP contribution < -0.4 is 16.6 Å². The van der Waals surface area contributed by atoms with E-state index in [0.29, 0.717) is 17.9 Å². The van der Waals surface area contributed by atoms with Gasteiger partial charge in [0.1, 0.15) is 5.69 Å². The van der Waals surface area contributed by atoms with Gasteiger partial charge in [-0.3, -0.25) is 9.59 Å². The number of carbonyl (C=O) groups excluding carboxylic acids is 1. The summed E-state index contributed by atoms with van der Waals surface area (Å²) in [5, 5.41) is 3.21. The number of carbonyl (C=O) groups is 1. The number of halogens is 1. The van der Waals surface area contributed by atoms with Crippen molar-refractivity contribution in [3.63, 3.8) is 0 Å². The summed E-state index contributed by atoms with van der Waals surface area (Å²) in [5.74, 6) is -0.689. The molecule has 1 saturated carbocycles. The van der Waals surface area contributed by atoms with Gasteiger partial charge in [-0.25, -0.2) is 14.4 Å². The fourth-order valence-corrected chi connectivity index (χ4v) is 3.87. The molecule has 30 heavy (non-hydrogen) atoms. The Morgan fingerprint density at radius 3 is 2.77 bits per heavy atom. The van der Waals surface area contributed by atoms with Crippen LogP contribution in [0.3, 0.4) is 0 Å². The Bertz CT molecular complexity index is 1130. The summed E-state index contributed by atoms with van der Waals surface area (Å²) in [6.45, 7) is 0. The van der Waals surface area contributed by atoms with Crippen molar-refractivity contribution < 1.29 is 9.18 Å². The predicted molar refractivity (Wildman–Crippen MR) is 112 cm³/mol. The zero-order chi connectivity index (χ0) is 21.1. The van der Waals surface area contributed by atoms with Gasteiger partial charge in [-0.05, 0) is 42.5 Å². The van der Waals surface area contributed by atoms with Crippen molar-refractivity contribution in [3.8, 4) is 22.4 Å². The maximum atomic E-state index is 14.5. The van der Waals surface area contributed by atoms with E-state index in [2.05, 4.69) is 20.3 Å². The number of nitrogens with one attached hydrogen (secondary N) is 2. The van der Waals surface area contributed by atoms with Crippen LogP contribution in [0.25, 0.3) is 22.4 Å². The molecule has 1 amide bonds. The number of H-pyrrole nitrogens is 1. The van der Waals surface area contributed by atoms with Crippen molar-refractivity contribution >= 4 is 11.9 Å². The van der Waals surface area contributed by atoms with Crippen molar-refractivity contribution in [1.29, 1.82) is 0 Å². The molecule has 2 atom stereocenters. The average Bonchev–Trinajstić information content (AvgIpc) is 2.75. The number of amides is 1. The van der Waals surface area contributed by atoms with Crippen LogP contribution >= 0.6 is 0 Å². The average molecular weight is 407 g/mol. The lowest BCUT2D eigenvalue weighted by Crippen LogP contribution is -2.34. The number of nitrogens with two attached hydrogens (primary N) is 1. The van der Waals surface area contributed by atoms with E-state index in [1.807, 2.05) is 6.07 Å². The highest BCUT2D eigenvalue weighted by Crippen LogP contribution is 2.29. The number of hydrogen-bond acceptors (Lipinski definition) is 5. The molecule has 4 N–H and O–H groups in total. The minimum absolute atomic E-state index is 0.0111. The fourth-order valence-electron chi connectivity index (χ4n) is 3.87. The minimum atomic E-state index is -0.540. The predicted octanol–water partition coefficient (Wildman–Crippen LogP) is 3.09. The van der Waals surface area contributed by atoms with Gasteiger partial charge in [-0.2, -0.15) is 0 Å². The molecule has 2 aromatic heterocycles. The number of aromatic nitrogens is 3. The molecule has 0 spiro atoms. The summed E-state index contributed by atoms with van der Waals surface area (Å²) < 4.78 is 14.5. The Hall–Kier alpha value is -3.55. The van der Waals surface area contributed by atoms with E-state index < -0.39 is 5.82 Å². The lowest BCUT2D eigenvalue weighted by molar-refractivity contribution is -0.122. The molecule has 0 aliphatic heterocycles. The SMILES string of the molecule is NC(=O)[C@H]1CCC[C@@H](Nc2ncc(F)c(-c3cccc(-c4cc[nH]c(=O)c4)c3)n2)C1. The third-order valence-corrected chi connectivity index (χ3v) is 5.40. The lowest BCUT2D eigenvalue weighted by atomic mass is 9.85. The number of benzene rings is 1. The van der Waals surface area contributed by atoms with Gasteiger partial charge < -0.3 is 16.0 Å². The molecule has 0 bridgehead atoms. The first-order valence-corrected chi connectivity index (χ1v) is 9.87. The highest BCUT2D eigenvalue weighted by molar-refractivity contribution is 5.76. The molecule has 3 aromatic rings. The zero-order valence-corrected chi connectivity index (χ0v) is 16.3. The molecule has 1 aromatic carbocycles. The molecule has 1 aliphatic rings. The molecular formula is C22H22FN5O2. The standard InChI is InChI=1S/C22H22FN5O2/c23-18-12-26-22(27-17-6-2-5-16(10-17)21(24)30)28-20(18)15-4-1-3-13(9-15)14-7-8-25-19(29)11-14/h1,3-4,7-9,11-12,16-17H,2,5-6,10H2,(H2,24,30)(H,25,29)(H,26,27,28)/t16-,17+/m0/s1. The van der Waals surface area contributed by atoms with E-state index in [9.17, 15) is 14.0 Å². The number of primary amides is 1. The maximum Gasteiger partial charge on any atom is 0.248 e. The Labute approximate surface area is 172 Å². The van der Waals surface area contributed by atoms with Crippen molar-refractivity contribution in [1.82, 2.24) is 15.0 Å². The first-order valence-electron chi connectivity index (χ1n) is 9.87. The summed E-state index contributed by atoms with van der Waals surface area (Å²) in [6.07, 6.45) is 5.87. The van der Waals surface area contributed by atoms with Crippen LogP contribution in [-0.2, 0) is 4.79 Å². The second kappa shape index (κ2) is 8.44. The molecule has 0 saturated heterocycles.